The summed E-state index contributed by atoms with van der Waals surface area (Å²) in [4.78, 5) is 12.4. The predicted octanol–water partition coefficient (Wildman–Crippen LogP) is 3.04. The standard InChI is InChI=1S/C18H25NO2/c1-5-12-18(3,4)19-17(21)16-11-8-10-15(14(16)2)9-6-7-13-20/h8,10-11,20H,5,7,12-13H2,1-4H3,(H,19,21). The van der Waals surface area contributed by atoms with Crippen molar-refractivity contribution in [1.29, 1.82) is 0 Å². The number of hydrogen-bond donors (Lipinski definition) is 2. The second-order valence-corrected chi connectivity index (χ2v) is 5.84. The van der Waals surface area contributed by atoms with Crippen molar-refractivity contribution >= 4 is 5.91 Å². The fourth-order valence-electron chi connectivity index (χ4n) is 2.29. The van der Waals surface area contributed by atoms with Gasteiger partial charge in [-0.05, 0) is 44.9 Å². The minimum Gasteiger partial charge on any atom is -0.395 e. The number of rotatable bonds is 5. The Morgan fingerprint density at radius 3 is 2.71 bits per heavy atom. The van der Waals surface area contributed by atoms with E-state index in [1.54, 1.807) is 0 Å². The van der Waals surface area contributed by atoms with Gasteiger partial charge in [-0.2, -0.15) is 0 Å². The second-order valence-electron chi connectivity index (χ2n) is 5.84. The van der Waals surface area contributed by atoms with Crippen LogP contribution in [0.3, 0.4) is 0 Å². The largest absolute Gasteiger partial charge is 0.395 e. The molecule has 0 unspecified atom stereocenters. The molecule has 0 radical (unpaired) electrons. The molecule has 21 heavy (non-hydrogen) atoms. The Balaban J connectivity index is 2.96. The molecule has 1 amide bonds. The summed E-state index contributed by atoms with van der Waals surface area (Å²) in [6.45, 7) is 8.14. The van der Waals surface area contributed by atoms with Crippen LogP contribution in [0.4, 0.5) is 0 Å². The number of hydrogen-bond acceptors (Lipinski definition) is 2. The van der Waals surface area contributed by atoms with E-state index in [2.05, 4.69) is 24.1 Å². The summed E-state index contributed by atoms with van der Waals surface area (Å²) in [5, 5.41) is 11.8. The van der Waals surface area contributed by atoms with Crippen LogP contribution in [0.1, 0.15) is 61.5 Å². The van der Waals surface area contributed by atoms with Gasteiger partial charge in [0, 0.05) is 23.1 Å². The molecule has 1 aromatic carbocycles. The van der Waals surface area contributed by atoms with Crippen molar-refractivity contribution in [3.63, 3.8) is 0 Å². The van der Waals surface area contributed by atoms with E-state index in [-0.39, 0.29) is 18.1 Å². The molecule has 3 nitrogen and oxygen atoms in total. The van der Waals surface area contributed by atoms with Gasteiger partial charge in [-0.1, -0.05) is 31.3 Å². The maximum absolute atomic E-state index is 12.4. The monoisotopic (exact) mass is 287 g/mol. The molecule has 0 bridgehead atoms. The molecule has 0 aliphatic rings. The van der Waals surface area contributed by atoms with Crippen LogP contribution in [0.15, 0.2) is 18.2 Å². The molecule has 0 aliphatic heterocycles. The number of aliphatic hydroxyl groups excluding tert-OH is 1. The summed E-state index contributed by atoms with van der Waals surface area (Å²) in [7, 11) is 0. The predicted molar refractivity (Wildman–Crippen MR) is 86.2 cm³/mol. The quantitative estimate of drug-likeness (QED) is 0.818. The lowest BCUT2D eigenvalue weighted by molar-refractivity contribution is 0.0908. The zero-order chi connectivity index (χ0) is 15.9. The first-order valence-corrected chi connectivity index (χ1v) is 7.43. The third-order valence-corrected chi connectivity index (χ3v) is 3.37. The molecule has 0 saturated carbocycles. The molecule has 114 valence electrons. The lowest BCUT2D eigenvalue weighted by Crippen LogP contribution is -2.43. The molecule has 3 heteroatoms. The fourth-order valence-corrected chi connectivity index (χ4v) is 2.29. The van der Waals surface area contributed by atoms with E-state index in [1.807, 2.05) is 39.0 Å². The zero-order valence-electron chi connectivity index (χ0n) is 13.4. The van der Waals surface area contributed by atoms with Gasteiger partial charge in [0.15, 0.2) is 0 Å². The number of aliphatic hydroxyl groups is 1. The summed E-state index contributed by atoms with van der Waals surface area (Å²) in [6, 6.07) is 5.56. The highest BCUT2D eigenvalue weighted by molar-refractivity contribution is 5.96. The molecule has 1 aromatic rings. The third-order valence-electron chi connectivity index (χ3n) is 3.37. The van der Waals surface area contributed by atoms with Crippen LogP contribution >= 0.6 is 0 Å². The molecular weight excluding hydrogens is 262 g/mol. The highest BCUT2D eigenvalue weighted by atomic mass is 16.2. The highest BCUT2D eigenvalue weighted by Crippen LogP contribution is 2.16. The minimum atomic E-state index is -0.211. The normalized spacial score (nSPS) is 10.7. The van der Waals surface area contributed by atoms with E-state index in [1.165, 1.54) is 0 Å². The van der Waals surface area contributed by atoms with Crippen molar-refractivity contribution in [2.24, 2.45) is 0 Å². The van der Waals surface area contributed by atoms with E-state index in [0.717, 1.165) is 24.0 Å². The highest BCUT2D eigenvalue weighted by Gasteiger charge is 2.21. The van der Waals surface area contributed by atoms with E-state index < -0.39 is 0 Å². The van der Waals surface area contributed by atoms with Crippen LogP contribution in [-0.4, -0.2) is 23.2 Å². The lowest BCUT2D eigenvalue weighted by Gasteiger charge is -2.26. The average Bonchev–Trinajstić information content (AvgIpc) is 2.40. The van der Waals surface area contributed by atoms with E-state index >= 15 is 0 Å². The van der Waals surface area contributed by atoms with Crippen molar-refractivity contribution < 1.29 is 9.90 Å². The minimum absolute atomic E-state index is 0.0530. The van der Waals surface area contributed by atoms with Gasteiger partial charge >= 0.3 is 0 Å². The number of carbonyl (C=O) groups is 1. The Morgan fingerprint density at radius 1 is 1.38 bits per heavy atom. The Hall–Kier alpha value is -1.79. The van der Waals surface area contributed by atoms with E-state index in [9.17, 15) is 4.79 Å². The van der Waals surface area contributed by atoms with Gasteiger partial charge in [-0.3, -0.25) is 4.79 Å². The first kappa shape index (κ1) is 17.3. The van der Waals surface area contributed by atoms with Crippen LogP contribution in [0.2, 0.25) is 0 Å². The first-order chi connectivity index (χ1) is 9.91. The second kappa shape index (κ2) is 7.85. The summed E-state index contributed by atoms with van der Waals surface area (Å²) in [5.74, 6) is 5.84. The Labute approximate surface area is 127 Å². The zero-order valence-corrected chi connectivity index (χ0v) is 13.4. The Bertz CT molecular complexity index is 550. The summed E-state index contributed by atoms with van der Waals surface area (Å²) >= 11 is 0. The van der Waals surface area contributed by atoms with Crippen LogP contribution in [0, 0.1) is 18.8 Å². The molecule has 0 atom stereocenters. The van der Waals surface area contributed by atoms with Gasteiger partial charge in [-0.15, -0.1) is 0 Å². The number of amides is 1. The maximum Gasteiger partial charge on any atom is 0.252 e. The Morgan fingerprint density at radius 2 is 2.10 bits per heavy atom. The lowest BCUT2D eigenvalue weighted by atomic mass is 9.96. The maximum atomic E-state index is 12.4. The summed E-state index contributed by atoms with van der Waals surface area (Å²) in [6.07, 6.45) is 2.41. The van der Waals surface area contributed by atoms with Crippen LogP contribution in [-0.2, 0) is 0 Å². The third kappa shape index (κ3) is 5.24. The molecule has 0 aromatic heterocycles. The topological polar surface area (TPSA) is 49.3 Å². The number of benzene rings is 1. The van der Waals surface area contributed by atoms with Gasteiger partial charge in [0.05, 0.1) is 6.61 Å². The van der Waals surface area contributed by atoms with Crippen molar-refractivity contribution in [2.45, 2.75) is 52.5 Å². The molecule has 0 aliphatic carbocycles. The van der Waals surface area contributed by atoms with Gasteiger partial charge in [0.1, 0.15) is 0 Å². The molecule has 0 saturated heterocycles. The van der Waals surface area contributed by atoms with E-state index in [4.69, 9.17) is 5.11 Å². The molecule has 2 N–H and O–H groups in total. The number of nitrogens with one attached hydrogen (secondary N) is 1. The van der Waals surface area contributed by atoms with Crippen LogP contribution in [0.25, 0.3) is 0 Å². The molecular formula is C18H25NO2. The van der Waals surface area contributed by atoms with Crippen LogP contribution < -0.4 is 5.32 Å². The van der Waals surface area contributed by atoms with Gasteiger partial charge in [0.25, 0.3) is 5.91 Å². The summed E-state index contributed by atoms with van der Waals surface area (Å²) < 4.78 is 0. The summed E-state index contributed by atoms with van der Waals surface area (Å²) in [5.41, 5.74) is 2.17. The van der Waals surface area contributed by atoms with Crippen molar-refractivity contribution in [1.82, 2.24) is 5.32 Å². The molecule has 1 rings (SSSR count). The van der Waals surface area contributed by atoms with E-state index in [0.29, 0.717) is 12.0 Å². The van der Waals surface area contributed by atoms with Crippen molar-refractivity contribution in [2.75, 3.05) is 6.61 Å². The first-order valence-electron chi connectivity index (χ1n) is 7.43. The number of carbonyl (C=O) groups excluding carboxylic acids is 1. The van der Waals surface area contributed by atoms with Gasteiger partial charge in [0.2, 0.25) is 0 Å². The molecule has 0 fully saturated rings. The fraction of sp³-hybridized carbons (Fsp3) is 0.500. The Kier molecular flexibility index (Phi) is 6.45. The average molecular weight is 287 g/mol. The van der Waals surface area contributed by atoms with Crippen LogP contribution in [0.5, 0.6) is 0 Å². The van der Waals surface area contributed by atoms with Gasteiger partial charge < -0.3 is 10.4 Å². The van der Waals surface area contributed by atoms with Gasteiger partial charge in [-0.25, -0.2) is 0 Å². The smallest absolute Gasteiger partial charge is 0.252 e. The SMILES string of the molecule is CCCC(C)(C)NC(=O)c1cccc(C#CCCO)c1C. The van der Waals surface area contributed by atoms with Crippen molar-refractivity contribution in [3.8, 4) is 11.8 Å². The van der Waals surface area contributed by atoms with Crippen molar-refractivity contribution in [3.05, 3.63) is 34.9 Å². The molecule has 0 heterocycles. The molecule has 0 spiro atoms.